The molecule has 0 aliphatic carbocycles. The Morgan fingerprint density at radius 1 is 0.842 bits per heavy atom. The van der Waals surface area contributed by atoms with E-state index in [1.54, 1.807) is 12.4 Å². The van der Waals surface area contributed by atoms with E-state index < -0.39 is 0 Å². The van der Waals surface area contributed by atoms with Gasteiger partial charge in [-0.1, -0.05) is 60.7 Å². The van der Waals surface area contributed by atoms with Gasteiger partial charge in [0.25, 0.3) is 0 Å². The summed E-state index contributed by atoms with van der Waals surface area (Å²) in [5, 5.41) is 1.03. The van der Waals surface area contributed by atoms with Gasteiger partial charge >= 0.3 is 0 Å². The van der Waals surface area contributed by atoms with Gasteiger partial charge in [-0.3, -0.25) is 4.90 Å². The van der Waals surface area contributed by atoms with Crippen LogP contribution in [0.3, 0.4) is 0 Å². The van der Waals surface area contributed by atoms with Crippen molar-refractivity contribution in [3.63, 3.8) is 0 Å². The zero-order valence-corrected chi connectivity index (χ0v) is 21.7. The summed E-state index contributed by atoms with van der Waals surface area (Å²) < 4.78 is 17.4. The summed E-state index contributed by atoms with van der Waals surface area (Å²) in [6.45, 7) is 4.47. The van der Waals surface area contributed by atoms with Gasteiger partial charge in [0.15, 0.2) is 0 Å². The first-order chi connectivity index (χ1) is 18.6. The highest BCUT2D eigenvalue weighted by Gasteiger charge is 2.17. The Kier molecular flexibility index (Phi) is 6.99. The van der Waals surface area contributed by atoms with E-state index in [9.17, 15) is 0 Å². The maximum absolute atomic E-state index is 15.1. The van der Waals surface area contributed by atoms with Crippen LogP contribution in [0.2, 0.25) is 0 Å². The molecule has 38 heavy (non-hydrogen) atoms. The molecule has 1 aliphatic heterocycles. The summed E-state index contributed by atoms with van der Waals surface area (Å²) in [5.41, 5.74) is 7.63. The lowest BCUT2D eigenvalue weighted by Crippen LogP contribution is -2.28. The molecule has 6 heteroatoms. The first kappa shape index (κ1) is 24.5. The number of likely N-dealkylation sites (N-methyl/N-ethyl adjacent to an activating group) is 1. The number of hydrogen-bond acceptors (Lipinski definition) is 4. The second-order valence-corrected chi connectivity index (χ2v) is 10.3. The number of benzene rings is 3. The summed E-state index contributed by atoms with van der Waals surface area (Å²) in [4.78, 5) is 13.6. The van der Waals surface area contributed by atoms with E-state index in [0.29, 0.717) is 6.54 Å². The van der Waals surface area contributed by atoms with Crippen molar-refractivity contribution in [3.05, 3.63) is 119 Å². The quantitative estimate of drug-likeness (QED) is 0.298. The molecule has 6 rings (SSSR count). The van der Waals surface area contributed by atoms with Crippen LogP contribution in [-0.4, -0.2) is 44.5 Å². The monoisotopic (exact) mass is 505 g/mol. The number of halogens is 1. The minimum absolute atomic E-state index is 0.148. The molecule has 0 atom stereocenters. The molecule has 4 bridgehead atoms. The molecule has 3 aromatic carbocycles. The highest BCUT2D eigenvalue weighted by molar-refractivity contribution is 5.83. The Hall–Kier alpha value is -3.87. The third kappa shape index (κ3) is 5.37. The van der Waals surface area contributed by atoms with E-state index in [1.165, 1.54) is 16.7 Å². The van der Waals surface area contributed by atoms with Crippen LogP contribution in [0.4, 0.5) is 4.39 Å². The number of fused-ring (bicyclic) bond motifs is 8. The number of nitrogens with zero attached hydrogens (tertiary/aromatic N) is 5. The number of rotatable bonds is 2. The average molecular weight is 506 g/mol. The maximum Gasteiger partial charge on any atom is 0.143 e. The van der Waals surface area contributed by atoms with Crippen LogP contribution in [0.15, 0.2) is 91.4 Å². The van der Waals surface area contributed by atoms with E-state index >= 15 is 4.39 Å². The fourth-order valence-corrected chi connectivity index (χ4v) is 5.45. The van der Waals surface area contributed by atoms with Crippen LogP contribution in [0.5, 0.6) is 0 Å². The van der Waals surface area contributed by atoms with Crippen LogP contribution in [-0.2, 0) is 32.6 Å². The van der Waals surface area contributed by atoms with E-state index in [0.717, 1.165) is 67.0 Å². The van der Waals surface area contributed by atoms with Crippen LogP contribution >= 0.6 is 0 Å². The molecule has 192 valence electrons. The zero-order valence-electron chi connectivity index (χ0n) is 21.7. The highest BCUT2D eigenvalue weighted by Crippen LogP contribution is 2.28. The summed E-state index contributed by atoms with van der Waals surface area (Å²) in [6, 6.07) is 27.0. The van der Waals surface area contributed by atoms with Gasteiger partial charge in [-0.2, -0.15) is 0 Å². The van der Waals surface area contributed by atoms with Crippen molar-refractivity contribution in [1.82, 2.24) is 24.3 Å². The molecular formula is C32H32FN5. The first-order valence-corrected chi connectivity index (χ1v) is 13.2. The van der Waals surface area contributed by atoms with Crippen molar-refractivity contribution >= 4 is 11.0 Å². The summed E-state index contributed by atoms with van der Waals surface area (Å²) in [7, 11) is 2.13. The molecule has 0 spiro atoms. The van der Waals surface area contributed by atoms with Crippen molar-refractivity contribution in [3.8, 4) is 11.3 Å². The van der Waals surface area contributed by atoms with Gasteiger partial charge in [-0.25, -0.2) is 14.4 Å². The van der Waals surface area contributed by atoms with Gasteiger partial charge in [0.05, 0.1) is 5.69 Å². The lowest BCUT2D eigenvalue weighted by atomic mass is 10.0. The Balaban J connectivity index is 1.43. The number of hydrogen-bond donors (Lipinski definition) is 0. The van der Waals surface area contributed by atoms with Crippen molar-refractivity contribution in [2.75, 3.05) is 20.1 Å². The molecule has 0 radical (unpaired) electrons. The van der Waals surface area contributed by atoms with Crippen molar-refractivity contribution in [2.45, 2.75) is 32.6 Å². The largest absolute Gasteiger partial charge is 0.324 e. The van der Waals surface area contributed by atoms with Crippen molar-refractivity contribution in [2.24, 2.45) is 0 Å². The van der Waals surface area contributed by atoms with Gasteiger partial charge in [-0.05, 0) is 53.9 Å². The van der Waals surface area contributed by atoms with Crippen LogP contribution in [0.1, 0.15) is 22.3 Å². The van der Waals surface area contributed by atoms with Gasteiger partial charge in [0.1, 0.15) is 17.8 Å². The topological polar surface area (TPSA) is 37.2 Å². The minimum atomic E-state index is -0.148. The van der Waals surface area contributed by atoms with Crippen molar-refractivity contribution < 1.29 is 4.39 Å². The van der Waals surface area contributed by atoms with Gasteiger partial charge in [-0.15, -0.1) is 0 Å². The second-order valence-electron chi connectivity index (χ2n) is 10.3. The highest BCUT2D eigenvalue weighted by atomic mass is 19.1. The van der Waals surface area contributed by atoms with Crippen LogP contribution < -0.4 is 0 Å². The van der Waals surface area contributed by atoms with E-state index in [-0.39, 0.29) is 5.82 Å². The fraction of sp³-hybridized carbons (Fsp3) is 0.250. The molecule has 1 aliphatic rings. The molecule has 0 fully saturated rings. The predicted molar refractivity (Wildman–Crippen MR) is 150 cm³/mol. The Bertz CT molecular complexity index is 1540. The smallest absolute Gasteiger partial charge is 0.143 e. The standard InChI is InChI=1S/C32H32FN5/c1-36-13-12-24-8-5-9-27(16-24)31-18-28-19-34-23-35-32(28)38(31)15-14-37(21-25-6-3-2-4-7-25)22-29-17-26(20-36)10-11-30(29)33/h2-11,16-19,23H,12-15,20-22H2,1H3. The number of aromatic nitrogens is 3. The van der Waals surface area contributed by atoms with Crippen LogP contribution in [0.25, 0.3) is 22.3 Å². The summed E-state index contributed by atoms with van der Waals surface area (Å²) in [5.74, 6) is -0.148. The van der Waals surface area contributed by atoms with E-state index in [4.69, 9.17) is 0 Å². The Morgan fingerprint density at radius 2 is 1.74 bits per heavy atom. The van der Waals surface area contributed by atoms with Crippen LogP contribution in [0, 0.1) is 5.82 Å². The maximum atomic E-state index is 15.1. The Labute approximate surface area is 223 Å². The minimum Gasteiger partial charge on any atom is -0.324 e. The second kappa shape index (κ2) is 10.9. The normalized spacial score (nSPS) is 15.4. The van der Waals surface area contributed by atoms with E-state index in [1.807, 2.05) is 24.4 Å². The molecule has 3 heterocycles. The molecule has 0 saturated carbocycles. The summed E-state index contributed by atoms with van der Waals surface area (Å²) in [6.07, 6.45) is 4.44. The lowest BCUT2D eigenvalue weighted by Gasteiger charge is -2.25. The average Bonchev–Trinajstić information content (AvgIpc) is 3.31. The van der Waals surface area contributed by atoms with Gasteiger partial charge in [0.2, 0.25) is 0 Å². The van der Waals surface area contributed by atoms with Gasteiger partial charge in [0, 0.05) is 56.4 Å². The summed E-state index contributed by atoms with van der Waals surface area (Å²) >= 11 is 0. The molecule has 0 N–H and O–H groups in total. The lowest BCUT2D eigenvalue weighted by molar-refractivity contribution is 0.244. The zero-order chi connectivity index (χ0) is 25.9. The third-order valence-corrected chi connectivity index (χ3v) is 7.41. The van der Waals surface area contributed by atoms with Gasteiger partial charge < -0.3 is 9.47 Å². The molecule has 0 amide bonds. The molecular weight excluding hydrogens is 473 g/mol. The SMILES string of the molecule is CN1CCc2cccc(c2)-c2cc3cncnc3n2CCN(Cc2ccccc2)Cc2cc(ccc2F)C1. The molecule has 5 aromatic rings. The molecule has 0 unspecified atom stereocenters. The first-order valence-electron chi connectivity index (χ1n) is 13.2. The molecule has 0 saturated heterocycles. The fourth-order valence-electron chi connectivity index (χ4n) is 5.45. The predicted octanol–water partition coefficient (Wildman–Crippen LogP) is 5.93. The molecule has 5 nitrogen and oxygen atoms in total. The van der Waals surface area contributed by atoms with E-state index in [2.05, 4.69) is 86.0 Å². The molecule has 2 aromatic heterocycles. The van der Waals surface area contributed by atoms with Crippen molar-refractivity contribution in [1.29, 1.82) is 0 Å². The third-order valence-electron chi connectivity index (χ3n) is 7.41. The Morgan fingerprint density at radius 3 is 2.63 bits per heavy atom.